The molecule has 1 amide bonds. The average Bonchev–Trinajstić information content (AvgIpc) is 2.88. The van der Waals surface area contributed by atoms with Gasteiger partial charge in [-0.15, -0.1) is 0 Å². The monoisotopic (exact) mass is 303 g/mol. The molecule has 0 saturated carbocycles. The molecule has 1 aliphatic heterocycles. The second kappa shape index (κ2) is 6.51. The second-order valence-electron chi connectivity index (χ2n) is 6.62. The van der Waals surface area contributed by atoms with Crippen molar-refractivity contribution in [2.45, 2.75) is 57.9 Å². The van der Waals surface area contributed by atoms with E-state index in [9.17, 15) is 14.7 Å². The van der Waals surface area contributed by atoms with Crippen molar-refractivity contribution < 1.29 is 14.7 Å². The highest BCUT2D eigenvalue weighted by atomic mass is 16.4. The highest BCUT2D eigenvalue weighted by molar-refractivity contribution is 5.87. The molecule has 1 N–H and O–H groups in total. The van der Waals surface area contributed by atoms with Crippen molar-refractivity contribution >= 4 is 11.9 Å². The largest absolute Gasteiger partial charge is 0.480 e. The van der Waals surface area contributed by atoms with Crippen molar-refractivity contribution in [2.75, 3.05) is 6.54 Å². The van der Waals surface area contributed by atoms with Crippen molar-refractivity contribution in [3.05, 3.63) is 35.4 Å². The Hall–Kier alpha value is -1.84. The van der Waals surface area contributed by atoms with Gasteiger partial charge in [0.1, 0.15) is 5.54 Å². The Labute approximate surface area is 132 Å². The number of carboxylic acids is 1. The molecule has 120 valence electrons. The van der Waals surface area contributed by atoms with E-state index in [1.807, 2.05) is 0 Å². The number of likely N-dealkylation sites (tertiary alicyclic amines) is 1. The number of carboxylic acid groups (broad SMARTS) is 1. The Morgan fingerprint density at radius 1 is 1.27 bits per heavy atom. The summed E-state index contributed by atoms with van der Waals surface area (Å²) in [5.74, 6) is -0.466. The molecule has 1 atom stereocenters. The molecule has 1 unspecified atom stereocenters. The normalized spacial score (nSPS) is 21.4. The minimum Gasteiger partial charge on any atom is -0.480 e. The number of nitrogens with zero attached hydrogens (tertiary/aromatic N) is 1. The molecule has 1 heterocycles. The summed E-state index contributed by atoms with van der Waals surface area (Å²) in [6, 6.07) is 8.31. The van der Waals surface area contributed by atoms with Crippen molar-refractivity contribution in [3.63, 3.8) is 0 Å². The lowest BCUT2D eigenvalue weighted by atomic mass is 9.98. The van der Waals surface area contributed by atoms with E-state index in [4.69, 9.17) is 0 Å². The first-order chi connectivity index (χ1) is 10.3. The van der Waals surface area contributed by atoms with Crippen LogP contribution < -0.4 is 0 Å². The first-order valence-electron chi connectivity index (χ1n) is 7.97. The van der Waals surface area contributed by atoms with Crippen molar-refractivity contribution in [3.8, 4) is 0 Å². The Kier molecular flexibility index (Phi) is 4.89. The third kappa shape index (κ3) is 3.32. The zero-order valence-electron chi connectivity index (χ0n) is 13.6. The van der Waals surface area contributed by atoms with Gasteiger partial charge in [0.05, 0.1) is 0 Å². The van der Waals surface area contributed by atoms with E-state index in [0.717, 1.165) is 12.0 Å². The van der Waals surface area contributed by atoms with Crippen LogP contribution in [0.2, 0.25) is 0 Å². The molecule has 2 rings (SSSR count). The molecule has 0 aliphatic carbocycles. The van der Waals surface area contributed by atoms with Gasteiger partial charge in [-0.3, -0.25) is 4.79 Å². The van der Waals surface area contributed by atoms with Crippen LogP contribution in [0.15, 0.2) is 24.3 Å². The topological polar surface area (TPSA) is 57.6 Å². The summed E-state index contributed by atoms with van der Waals surface area (Å²) in [5, 5.41) is 9.37. The van der Waals surface area contributed by atoms with Gasteiger partial charge in [-0.2, -0.15) is 0 Å². The molecule has 0 aromatic heterocycles. The molecule has 1 aromatic rings. The van der Waals surface area contributed by atoms with Crippen LogP contribution in [-0.4, -0.2) is 34.0 Å². The number of carbonyl (C=O) groups is 2. The van der Waals surface area contributed by atoms with E-state index >= 15 is 0 Å². The van der Waals surface area contributed by atoms with E-state index in [-0.39, 0.29) is 5.91 Å². The van der Waals surface area contributed by atoms with Crippen LogP contribution in [0, 0.1) is 0 Å². The fourth-order valence-corrected chi connectivity index (χ4v) is 3.04. The highest BCUT2D eigenvalue weighted by Crippen LogP contribution is 2.30. The van der Waals surface area contributed by atoms with E-state index in [2.05, 4.69) is 38.1 Å². The summed E-state index contributed by atoms with van der Waals surface area (Å²) in [6.45, 7) is 6.50. The van der Waals surface area contributed by atoms with Gasteiger partial charge in [-0.05, 0) is 43.2 Å². The number of aryl methyl sites for hydroxylation is 1. The van der Waals surface area contributed by atoms with Crippen LogP contribution in [0.3, 0.4) is 0 Å². The standard InChI is InChI=1S/C18H25NO3/c1-13(2)15-8-5-14(6-9-15)7-10-16(20)19-12-4-11-18(19,3)17(21)22/h5-6,8-9,13H,4,7,10-12H2,1-3H3,(H,21,22). The molecule has 4 nitrogen and oxygen atoms in total. The molecule has 1 fully saturated rings. The third-order valence-corrected chi connectivity index (χ3v) is 4.68. The number of hydrogen-bond acceptors (Lipinski definition) is 2. The first kappa shape index (κ1) is 16.5. The molecular formula is C18H25NO3. The first-order valence-corrected chi connectivity index (χ1v) is 7.97. The maximum Gasteiger partial charge on any atom is 0.329 e. The highest BCUT2D eigenvalue weighted by Gasteiger charge is 2.45. The van der Waals surface area contributed by atoms with Gasteiger partial charge in [-0.1, -0.05) is 38.1 Å². The van der Waals surface area contributed by atoms with Crippen LogP contribution in [0.25, 0.3) is 0 Å². The van der Waals surface area contributed by atoms with Gasteiger partial charge < -0.3 is 10.0 Å². The maximum atomic E-state index is 12.4. The Bertz CT molecular complexity index is 550. The minimum atomic E-state index is -1.03. The molecule has 0 bridgehead atoms. The van der Waals surface area contributed by atoms with Crippen LogP contribution >= 0.6 is 0 Å². The van der Waals surface area contributed by atoms with Gasteiger partial charge in [0.25, 0.3) is 0 Å². The molecule has 22 heavy (non-hydrogen) atoms. The fourth-order valence-electron chi connectivity index (χ4n) is 3.04. The number of hydrogen-bond donors (Lipinski definition) is 1. The van der Waals surface area contributed by atoms with Gasteiger partial charge in [0, 0.05) is 13.0 Å². The summed E-state index contributed by atoms with van der Waals surface area (Å²) >= 11 is 0. The van der Waals surface area contributed by atoms with Gasteiger partial charge in [-0.25, -0.2) is 4.79 Å². The molecule has 1 aromatic carbocycles. The Balaban J connectivity index is 1.96. The van der Waals surface area contributed by atoms with Gasteiger partial charge in [0.15, 0.2) is 0 Å². The number of carbonyl (C=O) groups excluding carboxylic acids is 1. The van der Waals surface area contributed by atoms with E-state index in [0.29, 0.717) is 31.7 Å². The molecule has 0 spiro atoms. The summed E-state index contributed by atoms with van der Waals surface area (Å²) in [7, 11) is 0. The molecular weight excluding hydrogens is 278 g/mol. The molecule has 0 radical (unpaired) electrons. The summed E-state index contributed by atoms with van der Waals surface area (Å²) < 4.78 is 0. The van der Waals surface area contributed by atoms with Gasteiger partial charge >= 0.3 is 5.97 Å². The summed E-state index contributed by atoms with van der Waals surface area (Å²) in [6.07, 6.45) is 2.32. The summed E-state index contributed by atoms with van der Waals surface area (Å²) in [4.78, 5) is 25.3. The fraction of sp³-hybridized carbons (Fsp3) is 0.556. The number of rotatable bonds is 5. The quantitative estimate of drug-likeness (QED) is 0.908. The van der Waals surface area contributed by atoms with Crippen LogP contribution in [0.1, 0.15) is 57.1 Å². The minimum absolute atomic E-state index is 0.0599. The Morgan fingerprint density at radius 2 is 1.91 bits per heavy atom. The van der Waals surface area contributed by atoms with Crippen molar-refractivity contribution in [1.82, 2.24) is 4.90 Å². The lowest BCUT2D eigenvalue weighted by Gasteiger charge is -2.31. The Morgan fingerprint density at radius 3 is 2.45 bits per heavy atom. The van der Waals surface area contributed by atoms with Crippen molar-refractivity contribution in [1.29, 1.82) is 0 Å². The zero-order chi connectivity index (χ0) is 16.3. The molecule has 1 aliphatic rings. The molecule has 1 saturated heterocycles. The number of aliphatic carboxylic acids is 1. The lowest BCUT2D eigenvalue weighted by Crippen LogP contribution is -2.50. The molecule has 4 heteroatoms. The van der Waals surface area contributed by atoms with Crippen molar-refractivity contribution in [2.24, 2.45) is 0 Å². The summed E-state index contributed by atoms with van der Waals surface area (Å²) in [5.41, 5.74) is 1.38. The van der Waals surface area contributed by atoms with E-state index < -0.39 is 11.5 Å². The SMILES string of the molecule is CC(C)c1ccc(CCC(=O)N2CCCC2(C)C(=O)O)cc1. The number of amides is 1. The zero-order valence-corrected chi connectivity index (χ0v) is 13.6. The lowest BCUT2D eigenvalue weighted by molar-refractivity contribution is -0.155. The van der Waals surface area contributed by atoms with Crippen LogP contribution in [0.4, 0.5) is 0 Å². The van der Waals surface area contributed by atoms with Crippen LogP contribution in [0.5, 0.6) is 0 Å². The smallest absolute Gasteiger partial charge is 0.329 e. The second-order valence-corrected chi connectivity index (χ2v) is 6.62. The maximum absolute atomic E-state index is 12.4. The van der Waals surface area contributed by atoms with E-state index in [1.165, 1.54) is 10.5 Å². The predicted molar refractivity (Wildman–Crippen MR) is 85.8 cm³/mol. The number of benzene rings is 1. The average molecular weight is 303 g/mol. The predicted octanol–water partition coefficient (Wildman–Crippen LogP) is 3.21. The van der Waals surface area contributed by atoms with Gasteiger partial charge in [0.2, 0.25) is 5.91 Å². The third-order valence-electron chi connectivity index (χ3n) is 4.68. The van der Waals surface area contributed by atoms with E-state index in [1.54, 1.807) is 6.92 Å². The van der Waals surface area contributed by atoms with Crippen LogP contribution in [-0.2, 0) is 16.0 Å².